The molecule has 4 rings (SSSR count). The van der Waals surface area contributed by atoms with Gasteiger partial charge in [-0.15, -0.1) is 0 Å². The predicted octanol–water partition coefficient (Wildman–Crippen LogP) is 7.34. The molecule has 166 valence electrons. The van der Waals surface area contributed by atoms with Crippen LogP contribution in [0.15, 0.2) is 11.6 Å². The Morgan fingerprint density at radius 3 is 2.76 bits per heavy atom. The highest BCUT2D eigenvalue weighted by Gasteiger charge is 2.62. The largest absolute Gasteiger partial charge is 0.393 e. The first-order valence-electron chi connectivity index (χ1n) is 13.2. The predicted molar refractivity (Wildman–Crippen MR) is 119 cm³/mol. The molecule has 8 unspecified atom stereocenters. The normalized spacial score (nSPS) is 49.3. The summed E-state index contributed by atoms with van der Waals surface area (Å²) in [4.78, 5) is 0. The molecule has 0 saturated heterocycles. The van der Waals surface area contributed by atoms with Gasteiger partial charge in [0.15, 0.2) is 0 Å². The summed E-state index contributed by atoms with van der Waals surface area (Å²) in [7, 11) is 0. The molecule has 1 nitrogen and oxygen atoms in total. The first-order valence-corrected chi connectivity index (χ1v) is 12.5. The van der Waals surface area contributed by atoms with Crippen molar-refractivity contribution in [2.24, 2.45) is 46.3 Å². The Balaban J connectivity index is 1.50. The second-order valence-corrected chi connectivity index (χ2v) is 12.0. The van der Waals surface area contributed by atoms with Crippen LogP contribution in [-0.2, 0) is 0 Å². The highest BCUT2D eigenvalue weighted by molar-refractivity contribution is 5.25. The maximum Gasteiger partial charge on any atom is 0.104 e. The van der Waals surface area contributed by atoms with Gasteiger partial charge < -0.3 is 5.11 Å². The van der Waals surface area contributed by atoms with Crippen molar-refractivity contribution in [3.8, 4) is 0 Å². The van der Waals surface area contributed by atoms with Crippen LogP contribution in [0.5, 0.6) is 0 Å². The topological polar surface area (TPSA) is 20.2 Å². The van der Waals surface area contributed by atoms with E-state index in [0.29, 0.717) is 36.5 Å². The molecule has 3 fully saturated rings. The first-order chi connectivity index (χ1) is 14.2. The van der Waals surface area contributed by atoms with E-state index in [4.69, 9.17) is 1.37 Å². The zero-order valence-electron chi connectivity index (χ0n) is 20.3. The number of alkyl halides is 1. The Kier molecular flexibility index (Phi) is 5.63. The van der Waals surface area contributed by atoms with E-state index < -0.39 is 6.17 Å². The number of rotatable bonds is 5. The number of halogens is 1. The molecule has 0 aromatic rings. The quantitative estimate of drug-likeness (QED) is 0.474. The molecule has 0 spiro atoms. The van der Waals surface area contributed by atoms with Gasteiger partial charge in [-0.2, -0.15) is 0 Å². The number of hydrogen-bond acceptors (Lipinski definition) is 1. The minimum absolute atomic E-state index is 0.150. The van der Waals surface area contributed by atoms with E-state index in [1.807, 2.05) is 0 Å². The van der Waals surface area contributed by atoms with E-state index >= 15 is 4.39 Å². The molecule has 0 bridgehead atoms. The van der Waals surface area contributed by atoms with Gasteiger partial charge in [-0.25, -0.2) is 4.39 Å². The Labute approximate surface area is 180 Å². The summed E-state index contributed by atoms with van der Waals surface area (Å²) in [5.41, 5.74) is 1.90. The minimum Gasteiger partial charge on any atom is -0.393 e. The summed E-state index contributed by atoms with van der Waals surface area (Å²) < 4.78 is 23.1. The molecular weight excluding hydrogens is 359 g/mol. The van der Waals surface area contributed by atoms with Crippen molar-refractivity contribution in [1.29, 1.82) is 0 Å². The lowest BCUT2D eigenvalue weighted by atomic mass is 9.47. The molecular formula is C27H45FO. The standard InChI is InChI=1S/C27H45FO/c1-17(2)7-6-8-18(3)25-24(28)16-23-21-10-9-19-15-20(29)11-13-26(19,4)22(21)12-14-27(23,25)5/h9,17-18,20-25,29H,6-8,10-16H2,1-5H3/t18-,20?,21?,22?,23?,24?,25?,26?,27?/m1/s1/i1D/t17-,18-,20?,21?,22?,23?,24?,25?,26?,27?. The van der Waals surface area contributed by atoms with Crippen LogP contribution in [0.2, 0.25) is 0 Å². The average molecular weight is 406 g/mol. The van der Waals surface area contributed by atoms with Crippen LogP contribution in [0.4, 0.5) is 4.39 Å². The molecule has 4 aliphatic rings. The lowest BCUT2D eigenvalue weighted by molar-refractivity contribution is -0.0595. The third kappa shape index (κ3) is 3.64. The van der Waals surface area contributed by atoms with E-state index in [-0.39, 0.29) is 22.9 Å². The molecule has 2 heteroatoms. The molecule has 0 amide bonds. The van der Waals surface area contributed by atoms with Crippen molar-refractivity contribution in [2.75, 3.05) is 0 Å². The van der Waals surface area contributed by atoms with Gasteiger partial charge in [-0.3, -0.25) is 0 Å². The number of hydrogen-bond donors (Lipinski definition) is 1. The molecule has 1 N–H and O–H groups in total. The molecule has 0 aliphatic heterocycles. The van der Waals surface area contributed by atoms with Crippen LogP contribution in [0, 0.1) is 46.3 Å². The van der Waals surface area contributed by atoms with E-state index in [0.717, 1.165) is 51.4 Å². The summed E-state index contributed by atoms with van der Waals surface area (Å²) >= 11 is 0. The van der Waals surface area contributed by atoms with Gasteiger partial charge in [0.05, 0.1) is 6.10 Å². The van der Waals surface area contributed by atoms with Crippen molar-refractivity contribution in [3.05, 3.63) is 11.6 Å². The van der Waals surface area contributed by atoms with Gasteiger partial charge in [0.25, 0.3) is 0 Å². The number of aliphatic hydroxyl groups is 1. The van der Waals surface area contributed by atoms with Crippen LogP contribution < -0.4 is 0 Å². The second-order valence-electron chi connectivity index (χ2n) is 12.0. The SMILES string of the molecule is [2H]C[C@H](C)CCC[C@@H](C)C1C(F)CC2C3CC=C4CC(O)CCC4(C)C3CCC21C. The number of fused-ring (bicyclic) bond motifs is 5. The monoisotopic (exact) mass is 405 g/mol. The Morgan fingerprint density at radius 2 is 2.00 bits per heavy atom. The fourth-order valence-electron chi connectivity index (χ4n) is 8.62. The molecule has 3 saturated carbocycles. The molecule has 0 aromatic heterocycles. The fourth-order valence-corrected chi connectivity index (χ4v) is 8.62. The maximum atomic E-state index is 15.6. The van der Waals surface area contributed by atoms with Gasteiger partial charge in [0, 0.05) is 1.37 Å². The van der Waals surface area contributed by atoms with Crippen molar-refractivity contribution >= 4 is 0 Å². The van der Waals surface area contributed by atoms with Gasteiger partial charge in [-0.1, -0.05) is 65.5 Å². The molecule has 0 heterocycles. The highest BCUT2D eigenvalue weighted by atomic mass is 19.1. The Hall–Kier alpha value is -0.370. The van der Waals surface area contributed by atoms with Crippen LogP contribution in [0.25, 0.3) is 0 Å². The second kappa shape index (κ2) is 7.95. The van der Waals surface area contributed by atoms with Gasteiger partial charge in [0.2, 0.25) is 0 Å². The number of allylic oxidation sites excluding steroid dienone is 1. The summed E-state index contributed by atoms with van der Waals surface area (Å²) in [5.74, 6) is 2.96. The Morgan fingerprint density at radius 1 is 1.21 bits per heavy atom. The van der Waals surface area contributed by atoms with E-state index in [9.17, 15) is 5.11 Å². The summed E-state index contributed by atoms with van der Waals surface area (Å²) in [5, 5.41) is 10.2. The van der Waals surface area contributed by atoms with Crippen molar-refractivity contribution in [2.45, 2.75) is 111 Å². The van der Waals surface area contributed by atoms with Gasteiger partial charge in [-0.05, 0) is 91.3 Å². The molecule has 29 heavy (non-hydrogen) atoms. The number of aliphatic hydroxyl groups excluding tert-OH is 1. The third-order valence-corrected chi connectivity index (χ3v) is 10.1. The zero-order valence-corrected chi connectivity index (χ0v) is 19.3. The lowest BCUT2D eigenvalue weighted by Gasteiger charge is -2.58. The molecule has 4 aliphatic carbocycles. The first kappa shape index (κ1) is 20.5. The van der Waals surface area contributed by atoms with Crippen LogP contribution in [0.3, 0.4) is 0 Å². The van der Waals surface area contributed by atoms with Gasteiger partial charge >= 0.3 is 0 Å². The Bertz CT molecular complexity index is 649. The summed E-state index contributed by atoms with van der Waals surface area (Å²) in [6, 6.07) is 0. The average Bonchev–Trinajstić information content (AvgIpc) is 2.98. The molecule has 10 atom stereocenters. The van der Waals surface area contributed by atoms with Crippen molar-refractivity contribution in [1.82, 2.24) is 0 Å². The third-order valence-electron chi connectivity index (χ3n) is 10.1. The van der Waals surface area contributed by atoms with E-state index in [2.05, 4.69) is 33.8 Å². The summed E-state index contributed by atoms with van der Waals surface area (Å²) in [6.45, 7) is 9.88. The minimum atomic E-state index is -0.645. The van der Waals surface area contributed by atoms with Crippen LogP contribution >= 0.6 is 0 Å². The zero-order chi connectivity index (χ0) is 21.7. The van der Waals surface area contributed by atoms with Crippen LogP contribution in [0.1, 0.15) is 100 Å². The van der Waals surface area contributed by atoms with E-state index in [1.54, 1.807) is 0 Å². The summed E-state index contributed by atoms with van der Waals surface area (Å²) in [6.07, 6.45) is 12.2. The van der Waals surface area contributed by atoms with E-state index in [1.165, 1.54) is 18.4 Å². The molecule has 0 radical (unpaired) electrons. The van der Waals surface area contributed by atoms with Crippen LogP contribution in [-0.4, -0.2) is 17.4 Å². The highest BCUT2D eigenvalue weighted by Crippen LogP contribution is 2.67. The van der Waals surface area contributed by atoms with Gasteiger partial charge in [0.1, 0.15) is 6.17 Å². The molecule has 0 aromatic carbocycles. The maximum absolute atomic E-state index is 15.6. The fraction of sp³-hybridized carbons (Fsp3) is 0.926. The van der Waals surface area contributed by atoms with Crippen molar-refractivity contribution < 1.29 is 10.9 Å². The van der Waals surface area contributed by atoms with Crippen molar-refractivity contribution in [3.63, 3.8) is 0 Å². The smallest absolute Gasteiger partial charge is 0.104 e. The lowest BCUT2D eigenvalue weighted by Crippen LogP contribution is -2.51.